The molecule has 0 aliphatic heterocycles. The van der Waals surface area contributed by atoms with Crippen LogP contribution in [0.15, 0.2) is 78.0 Å². The summed E-state index contributed by atoms with van der Waals surface area (Å²) in [7, 11) is 0. The Hall–Kier alpha value is -4.26. The first-order chi connectivity index (χ1) is 14.0. The van der Waals surface area contributed by atoms with Crippen molar-refractivity contribution in [3.05, 3.63) is 94.5 Å². The fourth-order valence-corrected chi connectivity index (χ4v) is 3.20. The van der Waals surface area contributed by atoms with E-state index in [4.69, 9.17) is 10.8 Å². The van der Waals surface area contributed by atoms with Crippen LogP contribution in [0, 0.1) is 0 Å². The molecule has 0 saturated carbocycles. The number of pyridine rings is 2. The zero-order chi connectivity index (χ0) is 20.5. The van der Waals surface area contributed by atoms with Gasteiger partial charge in [0.2, 0.25) is 5.43 Å². The summed E-state index contributed by atoms with van der Waals surface area (Å²) in [6.07, 6.45) is 4.74. The van der Waals surface area contributed by atoms with Gasteiger partial charge < -0.3 is 15.4 Å². The van der Waals surface area contributed by atoms with E-state index in [2.05, 4.69) is 4.98 Å². The third-order valence-electron chi connectivity index (χ3n) is 4.68. The molecule has 7 nitrogen and oxygen atoms in total. The number of nitrogens with zero attached hydrogens (tertiary/aromatic N) is 2. The van der Waals surface area contributed by atoms with Crippen LogP contribution in [0.3, 0.4) is 0 Å². The van der Waals surface area contributed by atoms with E-state index >= 15 is 0 Å². The molecule has 7 heteroatoms. The van der Waals surface area contributed by atoms with Gasteiger partial charge in [0.15, 0.2) is 0 Å². The number of primary amides is 1. The van der Waals surface area contributed by atoms with Crippen molar-refractivity contribution in [3.8, 4) is 16.8 Å². The van der Waals surface area contributed by atoms with E-state index in [-0.39, 0.29) is 11.1 Å². The van der Waals surface area contributed by atoms with Crippen molar-refractivity contribution in [1.29, 1.82) is 0 Å². The van der Waals surface area contributed by atoms with Crippen LogP contribution in [0.4, 0.5) is 0 Å². The lowest BCUT2D eigenvalue weighted by atomic mass is 10.0. The molecule has 0 spiro atoms. The van der Waals surface area contributed by atoms with E-state index in [1.807, 2.05) is 18.2 Å². The zero-order valence-corrected chi connectivity index (χ0v) is 15.1. The highest BCUT2D eigenvalue weighted by Gasteiger charge is 2.15. The minimum Gasteiger partial charge on any atom is -0.478 e. The summed E-state index contributed by atoms with van der Waals surface area (Å²) < 4.78 is 1.66. The number of hydrogen-bond acceptors (Lipinski definition) is 4. The minimum absolute atomic E-state index is 0.131. The molecule has 3 N–H and O–H groups in total. The number of carboxylic acid groups (broad SMARTS) is 1. The summed E-state index contributed by atoms with van der Waals surface area (Å²) in [4.78, 5) is 39.7. The minimum atomic E-state index is -1.04. The van der Waals surface area contributed by atoms with Crippen LogP contribution in [0.1, 0.15) is 20.7 Å². The van der Waals surface area contributed by atoms with Crippen LogP contribution in [0.5, 0.6) is 0 Å². The van der Waals surface area contributed by atoms with Crippen LogP contribution >= 0.6 is 0 Å². The second-order valence-electron chi connectivity index (χ2n) is 6.43. The van der Waals surface area contributed by atoms with Crippen LogP contribution in [0.25, 0.3) is 27.7 Å². The predicted molar refractivity (Wildman–Crippen MR) is 108 cm³/mol. The highest BCUT2D eigenvalue weighted by molar-refractivity contribution is 5.97. The van der Waals surface area contributed by atoms with Crippen LogP contribution in [-0.2, 0) is 0 Å². The number of nitrogens with two attached hydrogens (primary N) is 1. The maximum absolute atomic E-state index is 12.7. The molecule has 0 fully saturated rings. The third kappa shape index (κ3) is 3.25. The molecule has 0 radical (unpaired) electrons. The molecule has 4 aromatic rings. The fourth-order valence-electron chi connectivity index (χ4n) is 3.20. The van der Waals surface area contributed by atoms with E-state index in [9.17, 15) is 14.4 Å². The molecule has 29 heavy (non-hydrogen) atoms. The Labute approximate surface area is 164 Å². The number of rotatable bonds is 4. The Kier molecular flexibility index (Phi) is 4.40. The van der Waals surface area contributed by atoms with Crippen molar-refractivity contribution in [2.75, 3.05) is 0 Å². The molecule has 4 rings (SSSR count). The summed E-state index contributed by atoms with van der Waals surface area (Å²) >= 11 is 0. The van der Waals surface area contributed by atoms with E-state index in [0.29, 0.717) is 16.6 Å². The van der Waals surface area contributed by atoms with E-state index in [1.165, 1.54) is 18.3 Å². The summed E-state index contributed by atoms with van der Waals surface area (Å²) in [6.45, 7) is 0. The van der Waals surface area contributed by atoms with E-state index in [1.54, 1.807) is 41.2 Å². The number of hydrogen-bond donors (Lipinski definition) is 2. The van der Waals surface area contributed by atoms with Crippen molar-refractivity contribution in [2.45, 2.75) is 0 Å². The molecule has 0 aliphatic rings. The average Bonchev–Trinajstić information content (AvgIpc) is 2.74. The van der Waals surface area contributed by atoms with Crippen molar-refractivity contribution < 1.29 is 14.7 Å². The lowest BCUT2D eigenvalue weighted by Crippen LogP contribution is -2.23. The van der Waals surface area contributed by atoms with Gasteiger partial charge in [-0.25, -0.2) is 4.79 Å². The van der Waals surface area contributed by atoms with Gasteiger partial charge in [0.1, 0.15) is 5.56 Å². The monoisotopic (exact) mass is 385 g/mol. The lowest BCUT2D eigenvalue weighted by molar-refractivity contribution is 0.0696. The van der Waals surface area contributed by atoms with Crippen molar-refractivity contribution in [3.63, 3.8) is 0 Å². The van der Waals surface area contributed by atoms with Gasteiger partial charge in [-0.15, -0.1) is 0 Å². The lowest BCUT2D eigenvalue weighted by Gasteiger charge is -2.14. The highest BCUT2D eigenvalue weighted by Crippen LogP contribution is 2.25. The summed E-state index contributed by atoms with van der Waals surface area (Å²) in [5.74, 6) is -1.87. The highest BCUT2D eigenvalue weighted by atomic mass is 16.4. The molecular weight excluding hydrogens is 370 g/mol. The second kappa shape index (κ2) is 7.05. The van der Waals surface area contributed by atoms with Gasteiger partial charge in [0.05, 0.1) is 11.1 Å². The second-order valence-corrected chi connectivity index (χ2v) is 6.43. The third-order valence-corrected chi connectivity index (χ3v) is 4.68. The van der Waals surface area contributed by atoms with Crippen LogP contribution in [0.2, 0.25) is 0 Å². The van der Waals surface area contributed by atoms with Crippen molar-refractivity contribution in [2.24, 2.45) is 5.73 Å². The Bertz CT molecular complexity index is 1310. The van der Waals surface area contributed by atoms with E-state index in [0.717, 1.165) is 11.1 Å². The molecule has 2 aromatic heterocycles. The largest absolute Gasteiger partial charge is 0.478 e. The van der Waals surface area contributed by atoms with Gasteiger partial charge in [-0.05, 0) is 59.7 Å². The maximum Gasteiger partial charge on any atom is 0.335 e. The molecule has 142 valence electrons. The standard InChI is InChI=1S/C22H15N3O4/c23-21(27)18-12-25(16-4-1-14(2-5-16)22(28)29)19-11-15(3-6-17(19)20(18)26)13-7-9-24-10-8-13/h1-12H,(H2,23,27)(H,28,29). The van der Waals surface area contributed by atoms with Gasteiger partial charge >= 0.3 is 5.97 Å². The number of benzene rings is 2. The van der Waals surface area contributed by atoms with Gasteiger partial charge in [-0.3, -0.25) is 14.6 Å². The van der Waals surface area contributed by atoms with Crippen molar-refractivity contribution in [1.82, 2.24) is 9.55 Å². The smallest absolute Gasteiger partial charge is 0.335 e. The number of amides is 1. The quantitative estimate of drug-likeness (QED) is 0.560. The average molecular weight is 385 g/mol. The topological polar surface area (TPSA) is 115 Å². The number of aromatic carboxylic acids is 1. The Balaban J connectivity index is 2.02. The number of carbonyl (C=O) groups excluding carboxylic acids is 1. The van der Waals surface area contributed by atoms with Gasteiger partial charge in [0, 0.05) is 29.7 Å². The van der Waals surface area contributed by atoms with E-state index < -0.39 is 17.3 Å². The number of carbonyl (C=O) groups is 2. The maximum atomic E-state index is 12.7. The Morgan fingerprint density at radius 2 is 1.62 bits per heavy atom. The first-order valence-electron chi connectivity index (χ1n) is 8.69. The Morgan fingerprint density at radius 3 is 2.24 bits per heavy atom. The number of carboxylic acids is 1. The summed E-state index contributed by atoms with van der Waals surface area (Å²) in [5.41, 5.74) is 7.88. The number of fused-ring (bicyclic) bond motifs is 1. The molecule has 2 aromatic carbocycles. The molecule has 1 amide bonds. The normalized spacial score (nSPS) is 10.8. The summed E-state index contributed by atoms with van der Waals surface area (Å²) in [6, 6.07) is 15.1. The first kappa shape index (κ1) is 18.1. The van der Waals surface area contributed by atoms with Crippen molar-refractivity contribution >= 4 is 22.8 Å². The fraction of sp³-hybridized carbons (Fsp3) is 0. The molecule has 0 saturated heterocycles. The van der Waals surface area contributed by atoms with Crippen LogP contribution in [-0.4, -0.2) is 26.5 Å². The molecule has 0 unspecified atom stereocenters. The SMILES string of the molecule is NC(=O)c1cn(-c2ccc(C(=O)O)cc2)c2cc(-c3ccncc3)ccc2c1=O. The Morgan fingerprint density at radius 1 is 0.931 bits per heavy atom. The van der Waals surface area contributed by atoms with Gasteiger partial charge in [-0.1, -0.05) is 6.07 Å². The van der Waals surface area contributed by atoms with Gasteiger partial charge in [-0.2, -0.15) is 0 Å². The molecule has 2 heterocycles. The summed E-state index contributed by atoms with van der Waals surface area (Å²) in [5, 5.41) is 9.45. The molecular formula is C22H15N3O4. The first-order valence-corrected chi connectivity index (χ1v) is 8.69. The predicted octanol–water partition coefficient (Wildman–Crippen LogP) is 2.85. The zero-order valence-electron chi connectivity index (χ0n) is 15.1. The molecule has 0 bridgehead atoms. The van der Waals surface area contributed by atoms with Gasteiger partial charge in [0.25, 0.3) is 5.91 Å². The number of aromatic nitrogens is 2. The molecule has 0 aliphatic carbocycles. The molecule has 0 atom stereocenters. The van der Waals surface area contributed by atoms with Crippen LogP contribution < -0.4 is 11.2 Å².